The van der Waals surface area contributed by atoms with E-state index in [1.807, 2.05) is 0 Å². The number of para-hydroxylation sites is 1. The van der Waals surface area contributed by atoms with E-state index in [4.69, 9.17) is 0 Å². The molecule has 2 heterocycles. The van der Waals surface area contributed by atoms with Gasteiger partial charge in [-0.15, -0.1) is 0 Å². The van der Waals surface area contributed by atoms with Gasteiger partial charge in [0.25, 0.3) is 0 Å². The number of benzene rings is 2. The van der Waals surface area contributed by atoms with Crippen LogP contribution in [0.1, 0.15) is 23.6 Å². The molecule has 2 aliphatic heterocycles. The summed E-state index contributed by atoms with van der Waals surface area (Å²) in [5.41, 5.74) is 7.89. The van der Waals surface area contributed by atoms with Crippen LogP contribution in [0.25, 0.3) is 0 Å². The Morgan fingerprint density at radius 1 is 0.944 bits per heavy atom. The second-order valence-electron chi connectivity index (χ2n) is 5.18. The monoisotopic (exact) mass is 236 g/mol. The lowest BCUT2D eigenvalue weighted by Crippen LogP contribution is -2.34. The summed E-state index contributed by atoms with van der Waals surface area (Å²) < 4.78 is 0. The third kappa shape index (κ3) is 1.46. The highest BCUT2D eigenvalue weighted by molar-refractivity contribution is 5.59. The summed E-state index contributed by atoms with van der Waals surface area (Å²) in [4.78, 5) is 0. The molecule has 0 aromatic heterocycles. The fourth-order valence-electron chi connectivity index (χ4n) is 3.21. The topological polar surface area (TPSA) is 15.3 Å². The summed E-state index contributed by atoms with van der Waals surface area (Å²) in [7, 11) is 0. The molecule has 0 amide bonds. The molecule has 4 rings (SSSR count). The van der Waals surface area contributed by atoms with Gasteiger partial charge < -0.3 is 5.01 Å². The Bertz CT molecular complexity index is 564. The Kier molecular flexibility index (Phi) is 2.17. The normalized spacial score (nSPS) is 25.0. The zero-order valence-corrected chi connectivity index (χ0v) is 10.2. The molecule has 0 radical (unpaired) electrons. The van der Waals surface area contributed by atoms with Crippen molar-refractivity contribution in [3.63, 3.8) is 0 Å². The van der Waals surface area contributed by atoms with Crippen LogP contribution in [0.4, 0.5) is 5.69 Å². The van der Waals surface area contributed by atoms with Crippen molar-refractivity contribution in [1.82, 2.24) is 5.43 Å². The summed E-state index contributed by atoms with van der Waals surface area (Å²) in [6.45, 7) is 0. The van der Waals surface area contributed by atoms with E-state index in [1.54, 1.807) is 0 Å². The summed E-state index contributed by atoms with van der Waals surface area (Å²) in [5.74, 6) is 0. The van der Waals surface area contributed by atoms with Crippen molar-refractivity contribution in [2.24, 2.45) is 0 Å². The zero-order valence-electron chi connectivity index (χ0n) is 10.2. The number of rotatable bonds is 1. The Hall–Kier alpha value is -1.80. The fraction of sp³-hybridized carbons (Fsp3) is 0.250. The number of hydrogen-bond acceptors (Lipinski definition) is 2. The summed E-state index contributed by atoms with van der Waals surface area (Å²) in [6, 6.07) is 20.5. The lowest BCUT2D eigenvalue weighted by atomic mass is 9.99. The molecule has 18 heavy (non-hydrogen) atoms. The average molecular weight is 236 g/mol. The second kappa shape index (κ2) is 3.85. The van der Waals surface area contributed by atoms with E-state index in [-0.39, 0.29) is 0 Å². The van der Waals surface area contributed by atoms with Gasteiger partial charge in [0.2, 0.25) is 0 Å². The summed E-state index contributed by atoms with van der Waals surface area (Å²) in [6.07, 6.45) is 2.37. The lowest BCUT2D eigenvalue weighted by molar-refractivity contribution is 0.624. The first-order chi connectivity index (χ1) is 8.92. The molecule has 0 saturated carbocycles. The molecular formula is C16H16N2. The van der Waals surface area contributed by atoms with Crippen LogP contribution in [0, 0.1) is 0 Å². The van der Waals surface area contributed by atoms with Gasteiger partial charge in [-0.05, 0) is 30.0 Å². The minimum absolute atomic E-state index is 0.463. The predicted octanol–water partition coefficient (Wildman–Crippen LogP) is 3.07. The van der Waals surface area contributed by atoms with E-state index >= 15 is 0 Å². The maximum atomic E-state index is 3.66. The van der Waals surface area contributed by atoms with Crippen LogP contribution in [0.15, 0.2) is 54.6 Å². The standard InChI is InChI=1S/C16H16N2/c1-2-6-12(7-3-1)15-11-14-10-13-8-4-5-9-16(13)18(14)17-15/h1-9,14-15,17H,10-11H2/t14-,15+/m0/s1. The van der Waals surface area contributed by atoms with Gasteiger partial charge in [0.05, 0.1) is 17.8 Å². The largest absolute Gasteiger partial charge is 0.304 e. The van der Waals surface area contributed by atoms with Gasteiger partial charge in [-0.2, -0.15) is 0 Å². The van der Waals surface area contributed by atoms with E-state index < -0.39 is 0 Å². The minimum Gasteiger partial charge on any atom is -0.304 e. The molecule has 2 aliphatic rings. The molecule has 2 atom stereocenters. The smallest absolute Gasteiger partial charge is 0.0556 e. The molecule has 0 aliphatic carbocycles. The molecule has 90 valence electrons. The fourth-order valence-corrected chi connectivity index (χ4v) is 3.21. The number of hydrogen-bond donors (Lipinski definition) is 1. The maximum absolute atomic E-state index is 3.66. The minimum atomic E-state index is 0.463. The SMILES string of the molecule is c1ccc([C@H]2C[C@@H]3Cc4ccccc4N3N2)cc1. The molecule has 1 fully saturated rings. The number of nitrogens with zero attached hydrogens (tertiary/aromatic N) is 1. The van der Waals surface area contributed by atoms with Crippen LogP contribution in [0.3, 0.4) is 0 Å². The molecule has 0 bridgehead atoms. The highest BCUT2D eigenvalue weighted by Crippen LogP contribution is 2.39. The molecule has 2 aromatic rings. The van der Waals surface area contributed by atoms with E-state index in [0.29, 0.717) is 12.1 Å². The summed E-state index contributed by atoms with van der Waals surface area (Å²) in [5, 5.41) is 2.37. The van der Waals surface area contributed by atoms with E-state index in [1.165, 1.54) is 29.7 Å². The van der Waals surface area contributed by atoms with Crippen molar-refractivity contribution in [3.8, 4) is 0 Å². The Morgan fingerprint density at radius 3 is 2.61 bits per heavy atom. The molecule has 2 heteroatoms. The zero-order chi connectivity index (χ0) is 11.9. The molecule has 0 unspecified atom stereocenters. The van der Waals surface area contributed by atoms with Crippen LogP contribution in [0.5, 0.6) is 0 Å². The first-order valence-corrected chi connectivity index (χ1v) is 6.60. The van der Waals surface area contributed by atoms with E-state index in [9.17, 15) is 0 Å². The van der Waals surface area contributed by atoms with Crippen LogP contribution in [-0.2, 0) is 6.42 Å². The molecule has 0 spiro atoms. The predicted molar refractivity (Wildman–Crippen MR) is 73.3 cm³/mol. The van der Waals surface area contributed by atoms with Gasteiger partial charge >= 0.3 is 0 Å². The lowest BCUT2D eigenvalue weighted by Gasteiger charge is -2.20. The first-order valence-electron chi connectivity index (χ1n) is 6.60. The highest BCUT2D eigenvalue weighted by atomic mass is 15.6. The maximum Gasteiger partial charge on any atom is 0.0556 e. The van der Waals surface area contributed by atoms with Crippen LogP contribution >= 0.6 is 0 Å². The van der Waals surface area contributed by atoms with Crippen molar-refractivity contribution >= 4 is 5.69 Å². The highest BCUT2D eigenvalue weighted by Gasteiger charge is 2.38. The van der Waals surface area contributed by atoms with Crippen molar-refractivity contribution in [3.05, 3.63) is 65.7 Å². The molecule has 1 N–H and O–H groups in total. The van der Waals surface area contributed by atoms with E-state index in [2.05, 4.69) is 65.0 Å². The van der Waals surface area contributed by atoms with Gasteiger partial charge in [0.1, 0.15) is 0 Å². The van der Waals surface area contributed by atoms with Crippen LogP contribution in [0.2, 0.25) is 0 Å². The number of hydrazine groups is 1. The van der Waals surface area contributed by atoms with Crippen LogP contribution in [-0.4, -0.2) is 6.04 Å². The molecule has 2 nitrogen and oxygen atoms in total. The molecular weight excluding hydrogens is 220 g/mol. The van der Waals surface area contributed by atoms with E-state index in [0.717, 1.165) is 0 Å². The second-order valence-corrected chi connectivity index (χ2v) is 5.18. The third-order valence-corrected chi connectivity index (χ3v) is 4.08. The van der Waals surface area contributed by atoms with Crippen molar-refractivity contribution in [2.45, 2.75) is 24.9 Å². The molecule has 2 aromatic carbocycles. The van der Waals surface area contributed by atoms with Gasteiger partial charge in [-0.25, -0.2) is 5.43 Å². The van der Waals surface area contributed by atoms with Gasteiger partial charge in [-0.3, -0.25) is 0 Å². The van der Waals surface area contributed by atoms with Crippen molar-refractivity contribution < 1.29 is 0 Å². The van der Waals surface area contributed by atoms with Gasteiger partial charge in [0.15, 0.2) is 0 Å². The summed E-state index contributed by atoms with van der Waals surface area (Å²) >= 11 is 0. The number of anilines is 1. The van der Waals surface area contributed by atoms with Crippen molar-refractivity contribution in [2.75, 3.05) is 5.01 Å². The average Bonchev–Trinajstić information content (AvgIpc) is 2.97. The molecule has 1 saturated heterocycles. The van der Waals surface area contributed by atoms with Gasteiger partial charge in [-0.1, -0.05) is 48.5 Å². The Balaban J connectivity index is 1.64. The van der Waals surface area contributed by atoms with Crippen molar-refractivity contribution in [1.29, 1.82) is 0 Å². The van der Waals surface area contributed by atoms with Gasteiger partial charge in [0, 0.05) is 0 Å². The first kappa shape index (κ1) is 10.2. The quantitative estimate of drug-likeness (QED) is 0.818. The number of nitrogens with one attached hydrogen (secondary N) is 1. The van der Waals surface area contributed by atoms with Crippen LogP contribution < -0.4 is 10.4 Å². The number of fused-ring (bicyclic) bond motifs is 3. The third-order valence-electron chi connectivity index (χ3n) is 4.08. The Labute approximate surface area is 107 Å². The Morgan fingerprint density at radius 2 is 1.72 bits per heavy atom.